The van der Waals surface area contributed by atoms with E-state index in [4.69, 9.17) is 11.6 Å². The Morgan fingerprint density at radius 3 is 2.89 bits per heavy atom. The van der Waals surface area contributed by atoms with Crippen molar-refractivity contribution < 1.29 is 0 Å². The third-order valence-electron chi connectivity index (χ3n) is 3.46. The molecule has 1 atom stereocenters. The van der Waals surface area contributed by atoms with Crippen LogP contribution in [0.4, 0.5) is 0 Å². The first-order valence-corrected chi connectivity index (χ1v) is 7.57. The Hall–Kier alpha value is -0.640. The van der Waals surface area contributed by atoms with Gasteiger partial charge in [-0.05, 0) is 36.9 Å². The third-order valence-corrected chi connectivity index (χ3v) is 3.68. The zero-order valence-corrected chi connectivity index (χ0v) is 12.7. The SMILES string of the molecule is CC(C)CN(Cc1ccc(Cl)nc1)CC1CCCN1. The van der Waals surface area contributed by atoms with Gasteiger partial charge in [0, 0.05) is 31.9 Å². The average molecular weight is 282 g/mol. The summed E-state index contributed by atoms with van der Waals surface area (Å²) in [6, 6.07) is 4.60. The minimum Gasteiger partial charge on any atom is -0.313 e. The molecule has 4 heteroatoms. The molecule has 2 heterocycles. The van der Waals surface area contributed by atoms with Crippen LogP contribution in [0.2, 0.25) is 5.15 Å². The summed E-state index contributed by atoms with van der Waals surface area (Å²) >= 11 is 5.84. The molecule has 0 radical (unpaired) electrons. The number of pyridine rings is 1. The third kappa shape index (κ3) is 5.09. The standard InChI is InChI=1S/C15H24ClN3/c1-12(2)9-19(11-14-4-3-7-17-14)10-13-5-6-15(16)18-8-13/h5-6,8,12,14,17H,3-4,7,9-11H2,1-2H3. The zero-order chi connectivity index (χ0) is 13.7. The monoisotopic (exact) mass is 281 g/mol. The Morgan fingerprint density at radius 2 is 2.32 bits per heavy atom. The molecule has 0 amide bonds. The molecule has 1 aliphatic rings. The summed E-state index contributed by atoms with van der Waals surface area (Å²) < 4.78 is 0. The highest BCUT2D eigenvalue weighted by Gasteiger charge is 2.18. The molecule has 1 unspecified atom stereocenters. The predicted octanol–water partition coefficient (Wildman–Crippen LogP) is 2.95. The van der Waals surface area contributed by atoms with Crippen LogP contribution in [0.15, 0.2) is 18.3 Å². The number of nitrogens with zero attached hydrogens (tertiary/aromatic N) is 2. The predicted molar refractivity (Wildman–Crippen MR) is 80.4 cm³/mol. The van der Waals surface area contributed by atoms with Crippen molar-refractivity contribution in [2.24, 2.45) is 5.92 Å². The van der Waals surface area contributed by atoms with Crippen molar-refractivity contribution >= 4 is 11.6 Å². The Labute approximate surface area is 121 Å². The fourth-order valence-corrected chi connectivity index (χ4v) is 2.81. The second kappa shape index (κ2) is 7.22. The molecule has 1 aromatic heterocycles. The molecule has 0 aromatic carbocycles. The van der Waals surface area contributed by atoms with Crippen LogP contribution in [0.5, 0.6) is 0 Å². The Balaban J connectivity index is 1.93. The second-order valence-electron chi connectivity index (χ2n) is 5.87. The molecule has 0 bridgehead atoms. The van der Waals surface area contributed by atoms with Gasteiger partial charge in [-0.1, -0.05) is 31.5 Å². The minimum atomic E-state index is 0.566. The largest absolute Gasteiger partial charge is 0.313 e. The van der Waals surface area contributed by atoms with E-state index in [9.17, 15) is 0 Å². The van der Waals surface area contributed by atoms with Crippen molar-refractivity contribution in [3.05, 3.63) is 29.0 Å². The van der Waals surface area contributed by atoms with Crippen molar-refractivity contribution in [3.63, 3.8) is 0 Å². The molecule has 0 saturated carbocycles. The molecule has 1 fully saturated rings. The lowest BCUT2D eigenvalue weighted by molar-refractivity contribution is 0.216. The molecule has 1 N–H and O–H groups in total. The van der Waals surface area contributed by atoms with E-state index in [1.54, 1.807) is 0 Å². The van der Waals surface area contributed by atoms with Crippen molar-refractivity contribution in [3.8, 4) is 0 Å². The highest BCUT2D eigenvalue weighted by molar-refractivity contribution is 6.29. The van der Waals surface area contributed by atoms with Gasteiger partial charge < -0.3 is 5.32 Å². The van der Waals surface area contributed by atoms with Gasteiger partial charge in [-0.2, -0.15) is 0 Å². The molecule has 19 heavy (non-hydrogen) atoms. The molecule has 3 nitrogen and oxygen atoms in total. The first kappa shape index (κ1) is 14.8. The summed E-state index contributed by atoms with van der Waals surface area (Å²) in [6.45, 7) is 8.93. The number of hydrogen-bond donors (Lipinski definition) is 1. The van der Waals surface area contributed by atoms with E-state index in [0.29, 0.717) is 17.1 Å². The fraction of sp³-hybridized carbons (Fsp3) is 0.667. The molecule has 106 valence electrons. The molecule has 0 aliphatic carbocycles. The van der Waals surface area contributed by atoms with Crippen LogP contribution in [0.1, 0.15) is 32.3 Å². The van der Waals surface area contributed by atoms with Crippen molar-refractivity contribution in [2.75, 3.05) is 19.6 Å². The van der Waals surface area contributed by atoms with E-state index in [0.717, 1.165) is 19.6 Å². The van der Waals surface area contributed by atoms with Gasteiger partial charge in [-0.3, -0.25) is 4.90 Å². The van der Waals surface area contributed by atoms with Gasteiger partial charge in [0.2, 0.25) is 0 Å². The lowest BCUT2D eigenvalue weighted by Gasteiger charge is -2.27. The summed E-state index contributed by atoms with van der Waals surface area (Å²) in [6.07, 6.45) is 4.49. The molecular formula is C15H24ClN3. The minimum absolute atomic E-state index is 0.566. The highest BCUT2D eigenvalue weighted by atomic mass is 35.5. The van der Waals surface area contributed by atoms with Gasteiger partial charge in [-0.25, -0.2) is 4.98 Å². The van der Waals surface area contributed by atoms with Crippen LogP contribution in [0.3, 0.4) is 0 Å². The van der Waals surface area contributed by atoms with Crippen LogP contribution < -0.4 is 5.32 Å². The number of nitrogens with one attached hydrogen (secondary N) is 1. The first-order chi connectivity index (χ1) is 9.13. The van der Waals surface area contributed by atoms with E-state index in [-0.39, 0.29) is 0 Å². The van der Waals surface area contributed by atoms with Gasteiger partial charge >= 0.3 is 0 Å². The summed E-state index contributed by atoms with van der Waals surface area (Å²) in [5.41, 5.74) is 1.24. The van der Waals surface area contributed by atoms with Gasteiger partial charge in [0.25, 0.3) is 0 Å². The normalized spacial score (nSPS) is 19.5. The van der Waals surface area contributed by atoms with Gasteiger partial charge in [-0.15, -0.1) is 0 Å². The van der Waals surface area contributed by atoms with Gasteiger partial charge in [0.15, 0.2) is 0 Å². The van der Waals surface area contributed by atoms with Crippen molar-refractivity contribution in [1.29, 1.82) is 0 Å². The Kier molecular flexibility index (Phi) is 5.61. The molecule has 1 saturated heterocycles. The van der Waals surface area contributed by atoms with Crippen LogP contribution in [-0.2, 0) is 6.54 Å². The molecule has 1 aromatic rings. The van der Waals surface area contributed by atoms with E-state index < -0.39 is 0 Å². The van der Waals surface area contributed by atoms with E-state index in [2.05, 4.69) is 35.1 Å². The number of halogens is 1. The van der Waals surface area contributed by atoms with Crippen LogP contribution in [-0.4, -0.2) is 35.6 Å². The van der Waals surface area contributed by atoms with Crippen molar-refractivity contribution in [2.45, 2.75) is 39.3 Å². The fourth-order valence-electron chi connectivity index (χ4n) is 2.70. The van der Waals surface area contributed by atoms with E-state index in [1.165, 1.54) is 24.9 Å². The van der Waals surface area contributed by atoms with E-state index in [1.807, 2.05) is 12.3 Å². The van der Waals surface area contributed by atoms with E-state index >= 15 is 0 Å². The molecule has 1 aliphatic heterocycles. The lowest BCUT2D eigenvalue weighted by Crippen LogP contribution is -2.39. The lowest BCUT2D eigenvalue weighted by atomic mass is 10.1. The number of rotatable bonds is 6. The number of hydrogen-bond acceptors (Lipinski definition) is 3. The molecular weight excluding hydrogens is 258 g/mol. The Morgan fingerprint density at radius 1 is 1.47 bits per heavy atom. The average Bonchev–Trinajstić information content (AvgIpc) is 2.84. The topological polar surface area (TPSA) is 28.2 Å². The maximum absolute atomic E-state index is 5.84. The second-order valence-corrected chi connectivity index (χ2v) is 6.26. The van der Waals surface area contributed by atoms with Crippen LogP contribution in [0, 0.1) is 5.92 Å². The maximum Gasteiger partial charge on any atom is 0.129 e. The van der Waals surface area contributed by atoms with Gasteiger partial charge in [0.1, 0.15) is 5.15 Å². The van der Waals surface area contributed by atoms with Crippen LogP contribution in [0.25, 0.3) is 0 Å². The first-order valence-electron chi connectivity index (χ1n) is 7.19. The summed E-state index contributed by atoms with van der Waals surface area (Å²) in [5, 5.41) is 4.14. The van der Waals surface area contributed by atoms with Crippen LogP contribution >= 0.6 is 11.6 Å². The van der Waals surface area contributed by atoms with Crippen molar-refractivity contribution in [1.82, 2.24) is 15.2 Å². The number of aromatic nitrogens is 1. The quantitative estimate of drug-likeness (QED) is 0.813. The molecule has 0 spiro atoms. The summed E-state index contributed by atoms with van der Waals surface area (Å²) in [4.78, 5) is 6.69. The maximum atomic E-state index is 5.84. The summed E-state index contributed by atoms with van der Waals surface area (Å²) in [5.74, 6) is 0.682. The highest BCUT2D eigenvalue weighted by Crippen LogP contribution is 2.13. The Bertz CT molecular complexity index is 371. The summed E-state index contributed by atoms with van der Waals surface area (Å²) in [7, 11) is 0. The smallest absolute Gasteiger partial charge is 0.129 e. The zero-order valence-electron chi connectivity index (χ0n) is 11.9. The van der Waals surface area contributed by atoms with Gasteiger partial charge in [0.05, 0.1) is 0 Å². The molecule has 2 rings (SSSR count).